The first-order valence-corrected chi connectivity index (χ1v) is 6.24. The van der Waals surface area contributed by atoms with Gasteiger partial charge in [0.15, 0.2) is 0 Å². The number of ether oxygens (including phenoxy) is 1. The molecule has 0 aliphatic rings. The molecule has 1 heterocycles. The molecular formula is C16H18N2O. The van der Waals surface area contributed by atoms with Gasteiger partial charge in [-0.1, -0.05) is 0 Å². The molecule has 98 valence electrons. The van der Waals surface area contributed by atoms with Gasteiger partial charge < -0.3 is 9.72 Å². The monoisotopic (exact) mass is 254 g/mol. The third-order valence-electron chi connectivity index (χ3n) is 3.67. The van der Waals surface area contributed by atoms with Crippen molar-refractivity contribution >= 4 is 0 Å². The van der Waals surface area contributed by atoms with Crippen LogP contribution in [0.3, 0.4) is 0 Å². The van der Waals surface area contributed by atoms with Crippen LogP contribution >= 0.6 is 0 Å². The van der Waals surface area contributed by atoms with E-state index in [1.807, 2.05) is 19.1 Å². The van der Waals surface area contributed by atoms with Gasteiger partial charge in [-0.05, 0) is 56.5 Å². The zero-order valence-corrected chi connectivity index (χ0v) is 12.0. The molecule has 3 nitrogen and oxygen atoms in total. The van der Waals surface area contributed by atoms with E-state index in [9.17, 15) is 0 Å². The number of nitrogens with zero attached hydrogens (tertiary/aromatic N) is 1. The molecule has 0 radical (unpaired) electrons. The third kappa shape index (κ3) is 2.10. The number of rotatable bonds is 2. The molecule has 0 saturated heterocycles. The number of methoxy groups -OCH3 is 1. The molecule has 2 rings (SSSR count). The van der Waals surface area contributed by atoms with Crippen molar-refractivity contribution in [2.75, 3.05) is 7.11 Å². The number of hydrogen-bond acceptors (Lipinski definition) is 2. The second kappa shape index (κ2) is 4.81. The Morgan fingerprint density at radius 1 is 1.11 bits per heavy atom. The van der Waals surface area contributed by atoms with Crippen molar-refractivity contribution in [3.05, 3.63) is 40.1 Å². The number of H-pyrrole nitrogens is 1. The average molecular weight is 254 g/mol. The summed E-state index contributed by atoms with van der Waals surface area (Å²) < 4.78 is 5.39. The first-order valence-electron chi connectivity index (χ1n) is 6.24. The van der Waals surface area contributed by atoms with Crippen molar-refractivity contribution in [2.24, 2.45) is 0 Å². The Balaban J connectivity index is 2.69. The van der Waals surface area contributed by atoms with Gasteiger partial charge in [0, 0.05) is 17.0 Å². The van der Waals surface area contributed by atoms with Gasteiger partial charge in [-0.2, -0.15) is 5.26 Å². The molecule has 1 N–H and O–H groups in total. The van der Waals surface area contributed by atoms with Crippen molar-refractivity contribution < 1.29 is 4.74 Å². The van der Waals surface area contributed by atoms with Crippen LogP contribution in [0.1, 0.15) is 27.9 Å². The summed E-state index contributed by atoms with van der Waals surface area (Å²) in [5.74, 6) is 0.905. The molecule has 1 aromatic carbocycles. The maximum Gasteiger partial charge on any atom is 0.122 e. The summed E-state index contributed by atoms with van der Waals surface area (Å²) >= 11 is 0. The van der Waals surface area contributed by atoms with Crippen LogP contribution in [0.2, 0.25) is 0 Å². The standard InChI is InChI=1S/C16H18N2O/c1-9-6-15(19-5)10(2)11(3)16(9)14-7-13(8-17)12(4)18-14/h6-7,18H,1-5H3. The van der Waals surface area contributed by atoms with E-state index in [-0.39, 0.29) is 0 Å². The first kappa shape index (κ1) is 13.2. The summed E-state index contributed by atoms with van der Waals surface area (Å²) in [5, 5.41) is 9.06. The summed E-state index contributed by atoms with van der Waals surface area (Å²) in [6.07, 6.45) is 0. The molecule has 0 amide bonds. The highest BCUT2D eigenvalue weighted by atomic mass is 16.5. The predicted octanol–water partition coefficient (Wildman–Crippen LogP) is 3.80. The minimum absolute atomic E-state index is 0.697. The van der Waals surface area contributed by atoms with Crippen molar-refractivity contribution in [1.29, 1.82) is 5.26 Å². The molecule has 0 aliphatic heterocycles. The highest BCUT2D eigenvalue weighted by Crippen LogP contribution is 2.34. The first-order chi connectivity index (χ1) is 8.99. The molecule has 2 aromatic rings. The predicted molar refractivity (Wildman–Crippen MR) is 76.4 cm³/mol. The molecule has 0 fully saturated rings. The topological polar surface area (TPSA) is 48.8 Å². The molecule has 0 aliphatic carbocycles. The Kier molecular flexibility index (Phi) is 3.35. The quantitative estimate of drug-likeness (QED) is 0.886. The fourth-order valence-electron chi connectivity index (χ4n) is 2.48. The second-order valence-electron chi connectivity index (χ2n) is 4.85. The lowest BCUT2D eigenvalue weighted by Gasteiger charge is -2.15. The van der Waals surface area contributed by atoms with Crippen molar-refractivity contribution in [3.8, 4) is 23.1 Å². The summed E-state index contributed by atoms with van der Waals surface area (Å²) in [5.41, 5.74) is 7.21. The lowest BCUT2D eigenvalue weighted by atomic mass is 9.95. The van der Waals surface area contributed by atoms with E-state index in [1.165, 1.54) is 5.56 Å². The fourth-order valence-corrected chi connectivity index (χ4v) is 2.48. The van der Waals surface area contributed by atoms with Crippen LogP contribution in [-0.4, -0.2) is 12.1 Å². The van der Waals surface area contributed by atoms with Crippen molar-refractivity contribution in [3.63, 3.8) is 0 Å². The molecular weight excluding hydrogens is 236 g/mol. The number of benzene rings is 1. The molecule has 0 unspecified atom stereocenters. The van der Waals surface area contributed by atoms with Crippen LogP contribution in [0.4, 0.5) is 0 Å². The van der Waals surface area contributed by atoms with Gasteiger partial charge >= 0.3 is 0 Å². The van der Waals surface area contributed by atoms with E-state index >= 15 is 0 Å². The van der Waals surface area contributed by atoms with Crippen LogP contribution in [0.5, 0.6) is 5.75 Å². The van der Waals surface area contributed by atoms with Crippen molar-refractivity contribution in [2.45, 2.75) is 27.7 Å². The van der Waals surface area contributed by atoms with Gasteiger partial charge in [-0.25, -0.2) is 0 Å². The summed E-state index contributed by atoms with van der Waals surface area (Å²) in [6, 6.07) is 6.16. The van der Waals surface area contributed by atoms with Crippen LogP contribution < -0.4 is 4.74 Å². The highest BCUT2D eigenvalue weighted by Gasteiger charge is 2.15. The van der Waals surface area contributed by atoms with E-state index in [4.69, 9.17) is 10.00 Å². The molecule has 0 bridgehead atoms. The maximum atomic E-state index is 9.06. The maximum absolute atomic E-state index is 9.06. The van der Waals surface area contributed by atoms with Gasteiger partial charge in [-0.3, -0.25) is 0 Å². The third-order valence-corrected chi connectivity index (χ3v) is 3.67. The largest absolute Gasteiger partial charge is 0.496 e. The zero-order chi connectivity index (χ0) is 14.2. The van der Waals surface area contributed by atoms with Gasteiger partial charge in [0.2, 0.25) is 0 Å². The van der Waals surface area contributed by atoms with E-state index < -0.39 is 0 Å². The van der Waals surface area contributed by atoms with Gasteiger partial charge in [-0.15, -0.1) is 0 Å². The lowest BCUT2D eigenvalue weighted by molar-refractivity contribution is 0.411. The normalized spacial score (nSPS) is 10.3. The molecule has 1 aromatic heterocycles. The molecule has 0 atom stereocenters. The molecule has 0 spiro atoms. The Labute approximate surface area is 113 Å². The summed E-state index contributed by atoms with van der Waals surface area (Å²) in [7, 11) is 1.69. The SMILES string of the molecule is COc1cc(C)c(-c2cc(C#N)c(C)[nH]2)c(C)c1C. The molecule has 3 heteroatoms. The van der Waals surface area contributed by atoms with Gasteiger partial charge in [0.1, 0.15) is 11.8 Å². The Bertz CT molecular complexity index is 675. The zero-order valence-electron chi connectivity index (χ0n) is 12.0. The Morgan fingerprint density at radius 3 is 2.32 bits per heavy atom. The minimum atomic E-state index is 0.697. The van der Waals surface area contributed by atoms with E-state index in [2.05, 4.69) is 31.8 Å². The summed E-state index contributed by atoms with van der Waals surface area (Å²) in [4.78, 5) is 3.29. The Morgan fingerprint density at radius 2 is 1.79 bits per heavy atom. The minimum Gasteiger partial charge on any atom is -0.496 e. The smallest absolute Gasteiger partial charge is 0.122 e. The highest BCUT2D eigenvalue weighted by molar-refractivity contribution is 5.73. The fraction of sp³-hybridized carbons (Fsp3) is 0.312. The van der Waals surface area contributed by atoms with Crippen LogP contribution in [0.25, 0.3) is 11.3 Å². The van der Waals surface area contributed by atoms with Crippen LogP contribution in [0.15, 0.2) is 12.1 Å². The lowest BCUT2D eigenvalue weighted by Crippen LogP contribution is -1.96. The molecule has 19 heavy (non-hydrogen) atoms. The van der Waals surface area contributed by atoms with Crippen LogP contribution in [0, 0.1) is 39.0 Å². The van der Waals surface area contributed by atoms with E-state index in [1.54, 1.807) is 7.11 Å². The number of hydrogen-bond donors (Lipinski definition) is 1. The number of nitrogens with one attached hydrogen (secondary N) is 1. The average Bonchev–Trinajstić information content (AvgIpc) is 2.75. The Hall–Kier alpha value is -2.21. The van der Waals surface area contributed by atoms with Gasteiger partial charge in [0.25, 0.3) is 0 Å². The number of aromatic nitrogens is 1. The molecule has 0 saturated carbocycles. The van der Waals surface area contributed by atoms with E-state index in [0.717, 1.165) is 33.8 Å². The van der Waals surface area contributed by atoms with Crippen LogP contribution in [-0.2, 0) is 0 Å². The second-order valence-corrected chi connectivity index (χ2v) is 4.85. The van der Waals surface area contributed by atoms with Gasteiger partial charge in [0.05, 0.1) is 12.7 Å². The van der Waals surface area contributed by atoms with E-state index in [0.29, 0.717) is 5.56 Å². The number of aromatic amines is 1. The number of nitriles is 1. The van der Waals surface area contributed by atoms with Crippen molar-refractivity contribution in [1.82, 2.24) is 4.98 Å². The summed E-state index contributed by atoms with van der Waals surface area (Å²) in [6.45, 7) is 8.12. The number of aryl methyl sites for hydroxylation is 2.